The fourth-order valence-electron chi connectivity index (χ4n) is 4.38. The molecule has 0 aliphatic carbocycles. The van der Waals surface area contributed by atoms with E-state index in [0.717, 1.165) is 19.5 Å². The lowest BCUT2D eigenvalue weighted by Gasteiger charge is -2.39. The van der Waals surface area contributed by atoms with E-state index in [1.807, 2.05) is 0 Å². The Kier molecular flexibility index (Phi) is 3.95. The van der Waals surface area contributed by atoms with Crippen LogP contribution in [0.5, 0.6) is 0 Å². The van der Waals surface area contributed by atoms with Gasteiger partial charge in [0.15, 0.2) is 0 Å². The van der Waals surface area contributed by atoms with Gasteiger partial charge in [0.25, 0.3) is 0 Å². The summed E-state index contributed by atoms with van der Waals surface area (Å²) in [5.41, 5.74) is 0. The van der Waals surface area contributed by atoms with Crippen molar-refractivity contribution >= 4 is 0 Å². The molecule has 2 unspecified atom stereocenters. The van der Waals surface area contributed by atoms with E-state index in [1.165, 1.54) is 69.7 Å². The number of nitrogens with zero attached hydrogens (tertiary/aromatic N) is 4. The molecular formula is C16H27N5. The first-order chi connectivity index (χ1) is 10.4. The molecule has 3 aliphatic heterocycles. The third-order valence-electron chi connectivity index (χ3n) is 5.51. The van der Waals surface area contributed by atoms with Gasteiger partial charge in [-0.15, -0.1) is 10.2 Å². The summed E-state index contributed by atoms with van der Waals surface area (Å²) in [4.78, 5) is 2.68. The Morgan fingerprint density at radius 2 is 1.95 bits per heavy atom. The minimum absolute atomic E-state index is 0.703. The molecule has 0 spiro atoms. The van der Waals surface area contributed by atoms with Gasteiger partial charge < -0.3 is 9.88 Å². The summed E-state index contributed by atoms with van der Waals surface area (Å²) in [5, 5.41) is 12.6. The maximum Gasteiger partial charge on any atom is 0.147 e. The number of fused-ring (bicyclic) bond motifs is 1. The second-order valence-electron chi connectivity index (χ2n) is 6.88. The summed E-state index contributed by atoms with van der Waals surface area (Å²) >= 11 is 0. The number of hydrogen-bond acceptors (Lipinski definition) is 4. The van der Waals surface area contributed by atoms with Gasteiger partial charge in [0, 0.05) is 25.0 Å². The van der Waals surface area contributed by atoms with Crippen molar-refractivity contribution in [2.75, 3.05) is 13.1 Å². The smallest absolute Gasteiger partial charge is 0.147 e. The number of piperidine rings is 1. The number of hydrogen-bond donors (Lipinski definition) is 1. The monoisotopic (exact) mass is 289 g/mol. The molecule has 21 heavy (non-hydrogen) atoms. The molecule has 5 heteroatoms. The number of likely N-dealkylation sites (tertiary alicyclic amines) is 1. The molecule has 4 heterocycles. The minimum atomic E-state index is 0.703. The summed E-state index contributed by atoms with van der Waals surface area (Å²) in [6, 6.07) is 1.41. The number of aromatic nitrogens is 3. The largest absolute Gasteiger partial charge is 0.314 e. The molecule has 1 aromatic heterocycles. The normalized spacial score (nSPS) is 30.5. The summed E-state index contributed by atoms with van der Waals surface area (Å²) in [6.07, 6.45) is 10.4. The van der Waals surface area contributed by atoms with Gasteiger partial charge in [0.1, 0.15) is 11.6 Å². The van der Waals surface area contributed by atoms with Crippen LogP contribution >= 0.6 is 0 Å². The zero-order chi connectivity index (χ0) is 14.1. The Morgan fingerprint density at radius 3 is 2.86 bits per heavy atom. The Bertz CT molecular complexity index is 477. The van der Waals surface area contributed by atoms with Gasteiger partial charge >= 0.3 is 0 Å². The lowest BCUT2D eigenvalue weighted by molar-refractivity contribution is 0.107. The second-order valence-corrected chi connectivity index (χ2v) is 6.88. The van der Waals surface area contributed by atoms with Crippen LogP contribution in [-0.2, 0) is 19.5 Å². The van der Waals surface area contributed by atoms with Crippen molar-refractivity contribution in [3.8, 4) is 0 Å². The maximum absolute atomic E-state index is 4.50. The molecule has 0 saturated carbocycles. The first kappa shape index (κ1) is 13.7. The molecule has 116 valence electrons. The highest BCUT2D eigenvalue weighted by Crippen LogP contribution is 2.26. The van der Waals surface area contributed by atoms with Crippen LogP contribution in [-0.4, -0.2) is 44.8 Å². The molecule has 0 bridgehead atoms. The highest BCUT2D eigenvalue weighted by Gasteiger charge is 2.32. The maximum atomic E-state index is 4.50. The van der Waals surface area contributed by atoms with Crippen LogP contribution in [0.25, 0.3) is 0 Å². The molecule has 0 radical (unpaired) electrons. The number of rotatable bonds is 3. The zero-order valence-corrected chi connectivity index (χ0v) is 12.9. The molecule has 5 nitrogen and oxygen atoms in total. The van der Waals surface area contributed by atoms with Gasteiger partial charge in [-0.2, -0.15) is 0 Å². The molecule has 2 saturated heterocycles. The van der Waals surface area contributed by atoms with Gasteiger partial charge in [-0.3, -0.25) is 4.90 Å². The van der Waals surface area contributed by atoms with E-state index >= 15 is 0 Å². The molecule has 3 aliphatic rings. The van der Waals surface area contributed by atoms with Crippen molar-refractivity contribution < 1.29 is 0 Å². The predicted octanol–water partition coefficient (Wildman–Crippen LogP) is 1.72. The highest BCUT2D eigenvalue weighted by molar-refractivity contribution is 5.00. The quantitative estimate of drug-likeness (QED) is 0.920. The molecule has 4 rings (SSSR count). The van der Waals surface area contributed by atoms with E-state index in [9.17, 15) is 0 Å². The van der Waals surface area contributed by atoms with Crippen LogP contribution in [0.4, 0.5) is 0 Å². The molecular weight excluding hydrogens is 262 g/mol. The zero-order valence-electron chi connectivity index (χ0n) is 12.9. The first-order valence-electron chi connectivity index (χ1n) is 8.80. The Morgan fingerprint density at radius 1 is 1.00 bits per heavy atom. The Balaban J connectivity index is 1.50. The van der Waals surface area contributed by atoms with E-state index in [1.54, 1.807) is 0 Å². The minimum Gasteiger partial charge on any atom is -0.314 e. The first-order valence-corrected chi connectivity index (χ1v) is 8.80. The van der Waals surface area contributed by atoms with Crippen LogP contribution in [0.15, 0.2) is 0 Å². The van der Waals surface area contributed by atoms with Crippen molar-refractivity contribution in [3.05, 3.63) is 11.6 Å². The molecule has 2 fully saturated rings. The summed E-state index contributed by atoms with van der Waals surface area (Å²) in [5.74, 6) is 2.42. The van der Waals surface area contributed by atoms with E-state index in [2.05, 4.69) is 25.0 Å². The third kappa shape index (κ3) is 2.73. The van der Waals surface area contributed by atoms with Crippen molar-refractivity contribution in [1.82, 2.24) is 25.0 Å². The SMILES string of the molecule is C1CCn2c(nnc2CN2CCCCC2C2CCCN2)C1. The molecule has 1 N–H and O–H groups in total. The lowest BCUT2D eigenvalue weighted by atomic mass is 9.94. The van der Waals surface area contributed by atoms with E-state index in [4.69, 9.17) is 0 Å². The fraction of sp³-hybridized carbons (Fsp3) is 0.875. The number of nitrogens with one attached hydrogen (secondary N) is 1. The van der Waals surface area contributed by atoms with Crippen molar-refractivity contribution in [2.45, 2.75) is 76.5 Å². The molecule has 0 amide bonds. The van der Waals surface area contributed by atoms with Gasteiger partial charge in [0.2, 0.25) is 0 Å². The second kappa shape index (κ2) is 6.05. The van der Waals surface area contributed by atoms with Gasteiger partial charge in [-0.25, -0.2) is 0 Å². The predicted molar refractivity (Wildman–Crippen MR) is 82.0 cm³/mol. The third-order valence-corrected chi connectivity index (χ3v) is 5.51. The van der Waals surface area contributed by atoms with Crippen LogP contribution in [0, 0.1) is 0 Å². The van der Waals surface area contributed by atoms with Gasteiger partial charge in [-0.05, 0) is 51.6 Å². The summed E-state index contributed by atoms with van der Waals surface area (Å²) < 4.78 is 2.39. The highest BCUT2D eigenvalue weighted by atomic mass is 15.3. The molecule has 2 atom stereocenters. The average Bonchev–Trinajstić information content (AvgIpc) is 3.18. The van der Waals surface area contributed by atoms with E-state index < -0.39 is 0 Å². The Labute approximate surface area is 127 Å². The molecule has 1 aromatic rings. The average molecular weight is 289 g/mol. The van der Waals surface area contributed by atoms with Crippen molar-refractivity contribution in [1.29, 1.82) is 0 Å². The van der Waals surface area contributed by atoms with Gasteiger partial charge in [-0.1, -0.05) is 6.42 Å². The molecule has 0 aromatic carbocycles. The van der Waals surface area contributed by atoms with Crippen molar-refractivity contribution in [2.24, 2.45) is 0 Å². The number of aryl methyl sites for hydroxylation is 1. The van der Waals surface area contributed by atoms with E-state index in [0.29, 0.717) is 12.1 Å². The van der Waals surface area contributed by atoms with Crippen LogP contribution < -0.4 is 5.32 Å². The van der Waals surface area contributed by atoms with Crippen LogP contribution in [0.3, 0.4) is 0 Å². The Hall–Kier alpha value is -0.940. The van der Waals surface area contributed by atoms with E-state index in [-0.39, 0.29) is 0 Å². The lowest BCUT2D eigenvalue weighted by Crippen LogP contribution is -2.50. The summed E-state index contributed by atoms with van der Waals surface area (Å²) in [7, 11) is 0. The van der Waals surface area contributed by atoms with Crippen molar-refractivity contribution in [3.63, 3.8) is 0 Å². The topological polar surface area (TPSA) is 46.0 Å². The van der Waals surface area contributed by atoms with Gasteiger partial charge in [0.05, 0.1) is 6.54 Å². The standard InChI is InChI=1S/C16H27N5/c1-3-10-20(14(7-1)13-6-5-9-17-13)12-16-19-18-15-8-2-4-11-21(15)16/h13-14,17H,1-12H2. The van der Waals surface area contributed by atoms with Crippen LogP contribution in [0.1, 0.15) is 56.6 Å². The summed E-state index contributed by atoms with van der Waals surface area (Å²) in [6.45, 7) is 4.55. The van der Waals surface area contributed by atoms with Crippen LogP contribution in [0.2, 0.25) is 0 Å². The fourth-order valence-corrected chi connectivity index (χ4v) is 4.38.